The molecule has 0 aromatic carbocycles. The van der Waals surface area contributed by atoms with Gasteiger partial charge in [-0.3, -0.25) is 9.59 Å². The highest BCUT2D eigenvalue weighted by atomic mass is 16.1. The minimum atomic E-state index is -0.189. The Labute approximate surface area is 85.7 Å². The molecule has 0 aliphatic heterocycles. The molecule has 1 aromatic heterocycles. The fourth-order valence-electron chi connectivity index (χ4n) is 1.43. The fourth-order valence-corrected chi connectivity index (χ4v) is 1.43. The van der Waals surface area contributed by atoms with Crippen molar-refractivity contribution in [2.45, 2.75) is 6.42 Å². The Bertz CT molecular complexity index is 483. The van der Waals surface area contributed by atoms with Crippen molar-refractivity contribution in [1.29, 1.82) is 0 Å². The van der Waals surface area contributed by atoms with E-state index >= 15 is 0 Å². The summed E-state index contributed by atoms with van der Waals surface area (Å²) in [5.74, 6) is 0.162. The first-order valence-electron chi connectivity index (χ1n) is 4.42. The van der Waals surface area contributed by atoms with Crippen molar-refractivity contribution < 1.29 is 9.59 Å². The Morgan fingerprint density at radius 1 is 1.53 bits per heavy atom. The molecule has 5 nitrogen and oxygen atoms in total. The molecule has 3 N–H and O–H groups in total. The number of aromatic nitrogens is 2. The Morgan fingerprint density at radius 3 is 2.93 bits per heavy atom. The van der Waals surface area contributed by atoms with Gasteiger partial charge in [0, 0.05) is 12.1 Å². The third-order valence-electron chi connectivity index (χ3n) is 2.13. The maximum atomic E-state index is 11.5. The van der Waals surface area contributed by atoms with E-state index in [4.69, 9.17) is 5.73 Å². The highest BCUT2D eigenvalue weighted by Gasteiger charge is 2.19. The molecule has 5 heteroatoms. The van der Waals surface area contributed by atoms with E-state index in [1.165, 1.54) is 12.3 Å². The first-order chi connectivity index (χ1) is 7.22. The normalized spacial score (nSPS) is 15.9. The number of hydrogen-bond donors (Lipinski definition) is 2. The molecule has 0 spiro atoms. The van der Waals surface area contributed by atoms with Crippen LogP contribution in [0, 0.1) is 0 Å². The van der Waals surface area contributed by atoms with Gasteiger partial charge < -0.3 is 10.7 Å². The van der Waals surface area contributed by atoms with Gasteiger partial charge in [0.1, 0.15) is 5.82 Å². The smallest absolute Gasteiger partial charge is 0.191 e. The van der Waals surface area contributed by atoms with Gasteiger partial charge in [-0.15, -0.1) is 0 Å². The van der Waals surface area contributed by atoms with Crippen molar-refractivity contribution in [3.63, 3.8) is 0 Å². The van der Waals surface area contributed by atoms with E-state index in [-0.39, 0.29) is 5.78 Å². The van der Waals surface area contributed by atoms with Gasteiger partial charge in [0.15, 0.2) is 12.1 Å². The summed E-state index contributed by atoms with van der Waals surface area (Å²) in [5, 5.41) is 0. The summed E-state index contributed by atoms with van der Waals surface area (Å²) in [6.07, 6.45) is 5.68. The lowest BCUT2D eigenvalue weighted by atomic mass is 10.0. The summed E-state index contributed by atoms with van der Waals surface area (Å²) in [4.78, 5) is 28.6. The second-order valence-electron chi connectivity index (χ2n) is 3.18. The third-order valence-corrected chi connectivity index (χ3v) is 2.13. The van der Waals surface area contributed by atoms with Gasteiger partial charge in [0.2, 0.25) is 0 Å². The molecule has 1 aromatic rings. The summed E-state index contributed by atoms with van der Waals surface area (Å²) in [7, 11) is 0. The van der Waals surface area contributed by atoms with Gasteiger partial charge in [0.05, 0.1) is 17.5 Å². The van der Waals surface area contributed by atoms with Gasteiger partial charge in [-0.2, -0.15) is 0 Å². The fraction of sp³-hybridized carbons (Fsp3) is 0.100. The maximum absolute atomic E-state index is 11.5. The third kappa shape index (κ3) is 1.59. The zero-order valence-electron chi connectivity index (χ0n) is 7.86. The molecule has 15 heavy (non-hydrogen) atoms. The molecular formula is C10H9N3O2. The van der Waals surface area contributed by atoms with E-state index in [0.717, 1.165) is 0 Å². The molecule has 0 unspecified atom stereocenters. The summed E-state index contributed by atoms with van der Waals surface area (Å²) in [5.41, 5.74) is 6.86. The summed E-state index contributed by atoms with van der Waals surface area (Å²) >= 11 is 0. The van der Waals surface area contributed by atoms with E-state index in [2.05, 4.69) is 9.97 Å². The van der Waals surface area contributed by atoms with Crippen LogP contribution < -0.4 is 5.73 Å². The second-order valence-corrected chi connectivity index (χ2v) is 3.18. The average molecular weight is 203 g/mol. The van der Waals surface area contributed by atoms with Crippen molar-refractivity contribution in [2.75, 3.05) is 0 Å². The van der Waals surface area contributed by atoms with Crippen LogP contribution in [0.25, 0.3) is 5.57 Å². The molecular weight excluding hydrogens is 194 g/mol. The van der Waals surface area contributed by atoms with Crippen molar-refractivity contribution in [3.05, 3.63) is 35.6 Å². The Hall–Kier alpha value is -2.17. The number of nitrogens with zero attached hydrogens (tertiary/aromatic N) is 1. The molecule has 0 atom stereocenters. The predicted molar refractivity (Wildman–Crippen MR) is 53.8 cm³/mol. The highest BCUT2D eigenvalue weighted by Crippen LogP contribution is 2.20. The standard InChI is InChI=1S/C10H9N3O2/c11-7-2-1-3-8(15)9(7)10-12-4-6(5-14)13-10/h1,3-5H,2,11H2,(H,12,13). The Kier molecular flexibility index (Phi) is 2.21. The summed E-state index contributed by atoms with van der Waals surface area (Å²) in [6.45, 7) is 0. The molecule has 0 amide bonds. The Balaban J connectivity index is 2.45. The molecule has 0 saturated carbocycles. The van der Waals surface area contributed by atoms with E-state index in [1.54, 1.807) is 6.08 Å². The lowest BCUT2D eigenvalue weighted by Gasteiger charge is -2.09. The number of allylic oxidation sites excluding steroid dienone is 3. The molecule has 1 heterocycles. The van der Waals surface area contributed by atoms with E-state index < -0.39 is 0 Å². The van der Waals surface area contributed by atoms with Crippen LogP contribution in [0.15, 0.2) is 24.0 Å². The molecule has 1 aliphatic rings. The van der Waals surface area contributed by atoms with Crippen molar-refractivity contribution in [3.8, 4) is 0 Å². The van der Waals surface area contributed by atoms with Crippen LogP contribution in [-0.2, 0) is 4.79 Å². The first-order valence-corrected chi connectivity index (χ1v) is 4.42. The molecule has 1 aliphatic carbocycles. The minimum Gasteiger partial charge on any atom is -0.401 e. The number of aldehydes is 1. The van der Waals surface area contributed by atoms with Crippen LogP contribution in [0.4, 0.5) is 0 Å². The van der Waals surface area contributed by atoms with Crippen molar-refractivity contribution >= 4 is 17.6 Å². The second kappa shape index (κ2) is 3.53. The molecule has 0 saturated heterocycles. The van der Waals surface area contributed by atoms with Crippen LogP contribution >= 0.6 is 0 Å². The van der Waals surface area contributed by atoms with Crippen LogP contribution in [0.5, 0.6) is 0 Å². The SMILES string of the molecule is NC1=C(c2ncc(C=O)[nH]2)C(=O)C=CC1. The van der Waals surface area contributed by atoms with E-state index in [0.29, 0.717) is 35.5 Å². The topological polar surface area (TPSA) is 88.8 Å². The number of aromatic amines is 1. The van der Waals surface area contributed by atoms with Crippen LogP contribution in [0.3, 0.4) is 0 Å². The summed E-state index contributed by atoms with van der Waals surface area (Å²) < 4.78 is 0. The van der Waals surface area contributed by atoms with Crippen LogP contribution in [-0.4, -0.2) is 22.0 Å². The number of ketones is 1. The predicted octanol–water partition coefficient (Wildman–Crippen LogP) is 0.421. The zero-order chi connectivity index (χ0) is 10.8. The lowest BCUT2D eigenvalue weighted by molar-refractivity contribution is -0.109. The van der Waals surface area contributed by atoms with Crippen molar-refractivity contribution in [1.82, 2.24) is 9.97 Å². The number of carbonyl (C=O) groups excluding carboxylic acids is 2. The minimum absolute atomic E-state index is 0.189. The number of imidazole rings is 1. The van der Waals surface area contributed by atoms with E-state index in [9.17, 15) is 9.59 Å². The van der Waals surface area contributed by atoms with Gasteiger partial charge in [0.25, 0.3) is 0 Å². The molecule has 0 bridgehead atoms. The number of nitrogens with two attached hydrogens (primary N) is 1. The van der Waals surface area contributed by atoms with Crippen LogP contribution in [0.2, 0.25) is 0 Å². The van der Waals surface area contributed by atoms with Crippen molar-refractivity contribution in [2.24, 2.45) is 5.73 Å². The molecule has 76 valence electrons. The molecule has 0 radical (unpaired) electrons. The van der Waals surface area contributed by atoms with E-state index in [1.807, 2.05) is 0 Å². The number of rotatable bonds is 2. The quantitative estimate of drug-likeness (QED) is 0.682. The van der Waals surface area contributed by atoms with Gasteiger partial charge in [-0.05, 0) is 6.08 Å². The zero-order valence-corrected chi connectivity index (χ0v) is 7.86. The lowest BCUT2D eigenvalue weighted by Crippen LogP contribution is -2.12. The summed E-state index contributed by atoms with van der Waals surface area (Å²) in [6, 6.07) is 0. The first kappa shape index (κ1) is 9.39. The number of H-pyrrole nitrogens is 1. The number of carbonyl (C=O) groups is 2. The Morgan fingerprint density at radius 2 is 2.33 bits per heavy atom. The average Bonchev–Trinajstić information content (AvgIpc) is 2.66. The van der Waals surface area contributed by atoms with Crippen LogP contribution in [0.1, 0.15) is 22.7 Å². The number of hydrogen-bond acceptors (Lipinski definition) is 4. The van der Waals surface area contributed by atoms with Gasteiger partial charge in [-0.25, -0.2) is 4.98 Å². The molecule has 2 rings (SSSR count). The highest BCUT2D eigenvalue weighted by molar-refractivity contribution is 6.26. The monoisotopic (exact) mass is 203 g/mol. The number of nitrogens with one attached hydrogen (secondary N) is 1. The largest absolute Gasteiger partial charge is 0.401 e. The van der Waals surface area contributed by atoms with Gasteiger partial charge in [-0.1, -0.05) is 6.08 Å². The maximum Gasteiger partial charge on any atom is 0.191 e. The molecule has 0 fully saturated rings. The van der Waals surface area contributed by atoms with Gasteiger partial charge >= 0.3 is 0 Å².